The lowest BCUT2D eigenvalue weighted by atomic mass is 10.1. The van der Waals surface area contributed by atoms with Gasteiger partial charge in [0.1, 0.15) is 5.75 Å². The molecule has 0 radical (unpaired) electrons. The molecule has 3 aromatic rings. The van der Waals surface area contributed by atoms with Crippen molar-refractivity contribution in [1.29, 1.82) is 0 Å². The predicted molar refractivity (Wildman–Crippen MR) is 127 cm³/mol. The Morgan fingerprint density at radius 3 is 2.47 bits per heavy atom. The van der Waals surface area contributed by atoms with Crippen molar-refractivity contribution in [3.8, 4) is 5.75 Å². The minimum absolute atomic E-state index is 0.0613. The largest absolute Gasteiger partial charge is 0.482 e. The fraction of sp³-hybridized carbons (Fsp3) is 0.417. The van der Waals surface area contributed by atoms with Crippen LogP contribution in [0.25, 0.3) is 5.65 Å². The van der Waals surface area contributed by atoms with Crippen LogP contribution in [-0.2, 0) is 17.9 Å². The maximum atomic E-state index is 14.9. The monoisotopic (exact) mass is 518 g/mol. The van der Waals surface area contributed by atoms with Crippen LogP contribution in [0.1, 0.15) is 33.0 Å². The number of para-hydroxylation sites is 1. The van der Waals surface area contributed by atoms with Crippen LogP contribution < -0.4 is 4.74 Å². The van der Waals surface area contributed by atoms with E-state index in [9.17, 15) is 18.4 Å². The van der Waals surface area contributed by atoms with Gasteiger partial charge in [-0.1, -0.05) is 23.7 Å². The number of ether oxygens (including phenoxy) is 1. The molecule has 2 aromatic heterocycles. The number of aryl methyl sites for hydroxylation is 2. The summed E-state index contributed by atoms with van der Waals surface area (Å²) < 4.78 is 36.3. The highest BCUT2D eigenvalue weighted by molar-refractivity contribution is 6.31. The Labute approximate surface area is 211 Å². The quantitative estimate of drug-likeness (QED) is 0.528. The molecule has 0 spiro atoms. The Morgan fingerprint density at radius 2 is 1.75 bits per heavy atom. The van der Waals surface area contributed by atoms with Crippen molar-refractivity contribution in [2.24, 2.45) is 0 Å². The maximum absolute atomic E-state index is 14.9. The molecule has 1 aromatic carbocycles. The Morgan fingerprint density at radius 1 is 1.06 bits per heavy atom. The highest BCUT2D eigenvalue weighted by Gasteiger charge is 2.46. The number of benzene rings is 1. The van der Waals surface area contributed by atoms with E-state index < -0.39 is 17.9 Å². The van der Waals surface area contributed by atoms with E-state index in [0.29, 0.717) is 35.1 Å². The molecule has 2 aliphatic heterocycles. The van der Waals surface area contributed by atoms with Gasteiger partial charge in [0, 0.05) is 31.7 Å². The number of hydrogen-bond acceptors (Lipinski definition) is 6. The van der Waals surface area contributed by atoms with E-state index in [0.717, 1.165) is 16.2 Å². The first-order chi connectivity index (χ1) is 17.1. The highest BCUT2D eigenvalue weighted by atomic mass is 35.5. The topological polar surface area (TPSA) is 83.3 Å². The fourth-order valence-corrected chi connectivity index (χ4v) is 4.66. The van der Waals surface area contributed by atoms with Crippen molar-refractivity contribution in [2.75, 3.05) is 33.2 Å². The minimum Gasteiger partial charge on any atom is -0.424 e. The van der Waals surface area contributed by atoms with Crippen molar-refractivity contribution in [2.45, 2.75) is 33.0 Å². The molecule has 5 rings (SSSR count). The normalized spacial score (nSPS) is 16.5. The Kier molecular flexibility index (Phi) is 6.08. The van der Waals surface area contributed by atoms with Crippen LogP contribution in [0.15, 0.2) is 24.3 Å². The Hall–Kier alpha value is -3.31. The smallest absolute Gasteiger partial charge is 0.424 e. The number of amides is 2. The van der Waals surface area contributed by atoms with Gasteiger partial charge in [-0.3, -0.25) is 9.59 Å². The summed E-state index contributed by atoms with van der Waals surface area (Å²) in [5.74, 6) is -2.28. The lowest BCUT2D eigenvalue weighted by Crippen LogP contribution is -2.54. The molecule has 0 aliphatic carbocycles. The number of alkyl halides is 2. The first-order valence-electron chi connectivity index (χ1n) is 11.5. The number of carbonyl (C=O) groups is 2. The molecule has 0 N–H and O–H groups in total. The molecule has 2 amide bonds. The molecule has 4 heterocycles. The maximum Gasteiger partial charge on any atom is 0.482 e. The van der Waals surface area contributed by atoms with Crippen molar-refractivity contribution in [1.82, 2.24) is 29.3 Å². The van der Waals surface area contributed by atoms with E-state index in [1.54, 1.807) is 17.5 Å². The lowest BCUT2D eigenvalue weighted by Gasteiger charge is -2.34. The summed E-state index contributed by atoms with van der Waals surface area (Å²) in [6, 6.07) is 5.71. The molecule has 1 fully saturated rings. The van der Waals surface area contributed by atoms with Crippen molar-refractivity contribution >= 4 is 29.1 Å². The number of fused-ring (bicyclic) bond motifs is 3. The number of aromatic nitrogens is 3. The average Bonchev–Trinajstić information content (AvgIpc) is 3.41. The summed E-state index contributed by atoms with van der Waals surface area (Å²) in [4.78, 5) is 34.9. The van der Waals surface area contributed by atoms with Gasteiger partial charge in [0.2, 0.25) is 0 Å². The standard InChI is InChI=1S/C24H25ClF2N6O3/c1-14-20(25)15(2)33-21(28-14)17-12-32(13-18(17)29-33)22(34)16-6-4-5-7-19(16)36-24(26,27)23(35)31-10-8-30(3)9-11-31/h4-7H,8-13H2,1-3H3. The third kappa shape index (κ3) is 4.16. The van der Waals surface area contributed by atoms with Gasteiger partial charge in [-0.25, -0.2) is 9.50 Å². The van der Waals surface area contributed by atoms with Crippen LogP contribution >= 0.6 is 11.6 Å². The van der Waals surface area contributed by atoms with Crippen molar-refractivity contribution in [3.05, 3.63) is 57.5 Å². The van der Waals surface area contributed by atoms with E-state index in [4.69, 9.17) is 16.3 Å². The van der Waals surface area contributed by atoms with E-state index >= 15 is 0 Å². The average molecular weight is 519 g/mol. The molecule has 0 atom stereocenters. The second-order valence-electron chi connectivity index (χ2n) is 9.13. The second-order valence-corrected chi connectivity index (χ2v) is 9.51. The zero-order valence-corrected chi connectivity index (χ0v) is 20.8. The second kappa shape index (κ2) is 8.97. The van der Waals surface area contributed by atoms with Crippen LogP contribution in [0.4, 0.5) is 8.78 Å². The van der Waals surface area contributed by atoms with Crippen LogP contribution in [0.2, 0.25) is 5.02 Å². The van der Waals surface area contributed by atoms with Gasteiger partial charge in [0.15, 0.2) is 5.65 Å². The first kappa shape index (κ1) is 24.4. The molecule has 36 heavy (non-hydrogen) atoms. The van der Waals surface area contributed by atoms with Gasteiger partial charge < -0.3 is 19.4 Å². The number of carbonyl (C=O) groups excluding carboxylic acids is 2. The van der Waals surface area contributed by atoms with Gasteiger partial charge in [0.05, 0.1) is 40.8 Å². The third-order valence-corrected chi connectivity index (χ3v) is 7.19. The van der Waals surface area contributed by atoms with Crippen LogP contribution in [0.3, 0.4) is 0 Å². The minimum atomic E-state index is -4.11. The van der Waals surface area contributed by atoms with E-state index in [2.05, 4.69) is 10.1 Å². The molecule has 0 saturated carbocycles. The van der Waals surface area contributed by atoms with Gasteiger partial charge in [-0.05, 0) is 33.0 Å². The lowest BCUT2D eigenvalue weighted by molar-refractivity contribution is -0.205. The highest BCUT2D eigenvalue weighted by Crippen LogP contribution is 2.33. The number of nitrogens with zero attached hydrogens (tertiary/aromatic N) is 6. The first-order valence-corrected chi connectivity index (χ1v) is 11.9. The van der Waals surface area contributed by atoms with E-state index in [1.807, 2.05) is 18.9 Å². The molecular formula is C24H25ClF2N6O3. The van der Waals surface area contributed by atoms with Crippen molar-refractivity contribution in [3.63, 3.8) is 0 Å². The molecule has 190 valence electrons. The third-order valence-electron chi connectivity index (χ3n) is 6.64. The number of hydrogen-bond donors (Lipinski definition) is 0. The van der Waals surface area contributed by atoms with E-state index in [1.165, 1.54) is 23.1 Å². The van der Waals surface area contributed by atoms with Crippen LogP contribution in [-0.4, -0.2) is 80.4 Å². The van der Waals surface area contributed by atoms with Gasteiger partial charge in [0.25, 0.3) is 5.91 Å². The summed E-state index contributed by atoms with van der Waals surface area (Å²) in [7, 11) is 1.86. The van der Waals surface area contributed by atoms with E-state index in [-0.39, 0.29) is 37.5 Å². The zero-order chi connectivity index (χ0) is 25.8. The zero-order valence-electron chi connectivity index (χ0n) is 20.1. The number of rotatable bonds is 4. The number of piperazine rings is 1. The number of likely N-dealkylation sites (N-methyl/N-ethyl adjacent to an activating group) is 1. The predicted octanol–water partition coefficient (Wildman–Crippen LogP) is 2.90. The van der Waals surface area contributed by atoms with Crippen LogP contribution in [0.5, 0.6) is 5.75 Å². The van der Waals surface area contributed by atoms with Gasteiger partial charge in [-0.15, -0.1) is 0 Å². The SMILES string of the molecule is Cc1nc2c3c(nn2c(C)c1Cl)CN(C(=O)c1ccccc1OC(F)(F)C(=O)N1CCN(C)CC1)C3. The Bertz CT molecular complexity index is 1370. The fourth-order valence-electron chi connectivity index (χ4n) is 4.53. The molecular weight excluding hydrogens is 494 g/mol. The molecule has 9 nitrogen and oxygen atoms in total. The Balaban J connectivity index is 1.36. The van der Waals surface area contributed by atoms with Crippen molar-refractivity contribution < 1.29 is 23.1 Å². The summed E-state index contributed by atoms with van der Waals surface area (Å²) in [6.07, 6.45) is -4.11. The molecule has 12 heteroatoms. The molecule has 0 unspecified atom stereocenters. The van der Waals surface area contributed by atoms with Gasteiger partial charge in [-0.2, -0.15) is 13.9 Å². The summed E-state index contributed by atoms with van der Waals surface area (Å²) in [5.41, 5.74) is 3.38. The molecule has 0 bridgehead atoms. The van der Waals surface area contributed by atoms with Crippen LogP contribution in [0, 0.1) is 13.8 Å². The summed E-state index contributed by atoms with van der Waals surface area (Å²) in [5, 5.41) is 5.08. The molecule has 1 saturated heterocycles. The summed E-state index contributed by atoms with van der Waals surface area (Å²) in [6.45, 7) is 5.37. The summed E-state index contributed by atoms with van der Waals surface area (Å²) >= 11 is 6.29. The molecule has 2 aliphatic rings. The number of halogens is 3. The van der Waals surface area contributed by atoms with Gasteiger partial charge >= 0.3 is 12.0 Å².